The Balaban J connectivity index is 2.44. The van der Waals surface area contributed by atoms with Crippen LogP contribution in [0.5, 0.6) is 0 Å². The summed E-state index contributed by atoms with van der Waals surface area (Å²) in [6, 6.07) is 8.33. The van der Waals surface area contributed by atoms with E-state index in [1.54, 1.807) is 0 Å². The van der Waals surface area contributed by atoms with E-state index in [2.05, 4.69) is 24.5 Å². The summed E-state index contributed by atoms with van der Waals surface area (Å²) in [5.41, 5.74) is 0.890. The number of carbonyl (C=O) groups excluding carboxylic acids is 3. The van der Waals surface area contributed by atoms with Crippen LogP contribution >= 0.6 is 0 Å². The summed E-state index contributed by atoms with van der Waals surface area (Å²) < 4.78 is 11.0. The van der Waals surface area contributed by atoms with E-state index in [4.69, 9.17) is 9.47 Å². The molecule has 49 heavy (non-hydrogen) atoms. The predicted octanol–water partition coefficient (Wildman–Crippen LogP) is 9.80. The highest BCUT2D eigenvalue weighted by Crippen LogP contribution is 2.17. The van der Waals surface area contributed by atoms with Crippen LogP contribution in [0.25, 0.3) is 0 Å². The molecule has 2 atom stereocenters. The van der Waals surface area contributed by atoms with Gasteiger partial charge >= 0.3 is 18.0 Å². The van der Waals surface area contributed by atoms with E-state index in [0.717, 1.165) is 44.1 Å². The fourth-order valence-electron chi connectivity index (χ4n) is 5.87. The van der Waals surface area contributed by atoms with Crippen molar-refractivity contribution in [2.75, 3.05) is 6.54 Å². The van der Waals surface area contributed by atoms with Crippen LogP contribution in [0.1, 0.15) is 174 Å². The molecule has 0 saturated heterocycles. The molecular weight excluding hydrogens is 620 g/mol. The highest BCUT2D eigenvalue weighted by Gasteiger charge is 2.23. The fraction of sp³-hybridized carbons (Fsp3) is 0.750. The van der Waals surface area contributed by atoms with E-state index in [-0.39, 0.29) is 25.4 Å². The predicted molar refractivity (Wildman–Crippen MR) is 196 cm³/mol. The number of alkyl carbamates (subject to hydrolysis) is 1. The number of ether oxygens (including phenoxy) is 2. The van der Waals surface area contributed by atoms with Gasteiger partial charge in [-0.1, -0.05) is 147 Å². The van der Waals surface area contributed by atoms with Crippen LogP contribution < -0.4 is 10.6 Å². The van der Waals surface area contributed by atoms with E-state index in [0.29, 0.717) is 32.2 Å². The molecule has 0 bridgehead atoms. The van der Waals surface area contributed by atoms with Gasteiger partial charge < -0.3 is 25.2 Å². The third kappa shape index (κ3) is 26.4. The van der Waals surface area contributed by atoms with Gasteiger partial charge in [-0.25, -0.2) is 9.59 Å². The largest absolute Gasteiger partial charge is 0.480 e. The first-order valence-corrected chi connectivity index (χ1v) is 19.5. The minimum Gasteiger partial charge on any atom is -0.480 e. The monoisotopic (exact) mass is 689 g/mol. The number of carbonyl (C=O) groups is 4. The van der Waals surface area contributed by atoms with E-state index in [9.17, 15) is 24.3 Å². The molecule has 0 aliphatic carbocycles. The molecule has 1 aromatic carbocycles. The highest BCUT2D eigenvalue weighted by molar-refractivity contribution is 5.84. The van der Waals surface area contributed by atoms with Crippen molar-refractivity contribution in [2.45, 2.75) is 187 Å². The van der Waals surface area contributed by atoms with Crippen LogP contribution in [-0.2, 0) is 30.5 Å². The topological polar surface area (TPSA) is 131 Å². The lowest BCUT2D eigenvalue weighted by Gasteiger charge is -2.20. The van der Waals surface area contributed by atoms with Gasteiger partial charge in [0.1, 0.15) is 18.8 Å². The quantitative estimate of drug-likeness (QED) is 0.0507. The van der Waals surface area contributed by atoms with Gasteiger partial charge in [-0.2, -0.15) is 0 Å². The molecule has 0 aromatic heterocycles. The molecular formula is C40H68N2O7. The SMILES string of the molecule is CCCCCCCCCCCC(=O)O[C@H](CCCCCCCCCCC)CC(=O)N[C@@H](CCCCNC(=O)OCc1ccccc1)C(=O)O. The minimum atomic E-state index is -1.11. The van der Waals surface area contributed by atoms with Crippen LogP contribution in [-0.4, -0.2) is 47.7 Å². The van der Waals surface area contributed by atoms with E-state index >= 15 is 0 Å². The van der Waals surface area contributed by atoms with Crippen LogP contribution in [0, 0.1) is 0 Å². The molecule has 0 saturated carbocycles. The second-order valence-electron chi connectivity index (χ2n) is 13.5. The van der Waals surface area contributed by atoms with Crippen molar-refractivity contribution in [3.05, 3.63) is 35.9 Å². The summed E-state index contributed by atoms with van der Waals surface area (Å²) in [5, 5.41) is 15.0. The second kappa shape index (κ2) is 30.9. The summed E-state index contributed by atoms with van der Waals surface area (Å²) in [7, 11) is 0. The minimum absolute atomic E-state index is 0.0426. The molecule has 0 fully saturated rings. The Kier molecular flexibility index (Phi) is 27.7. The maximum atomic E-state index is 13.0. The van der Waals surface area contributed by atoms with Gasteiger partial charge in [-0.3, -0.25) is 9.59 Å². The second-order valence-corrected chi connectivity index (χ2v) is 13.5. The van der Waals surface area contributed by atoms with E-state index in [1.807, 2.05) is 30.3 Å². The van der Waals surface area contributed by atoms with E-state index < -0.39 is 30.1 Å². The molecule has 0 spiro atoms. The fourth-order valence-corrected chi connectivity index (χ4v) is 5.87. The number of hydrogen-bond acceptors (Lipinski definition) is 6. The van der Waals surface area contributed by atoms with Crippen LogP contribution in [0.2, 0.25) is 0 Å². The van der Waals surface area contributed by atoms with E-state index in [1.165, 1.54) is 77.0 Å². The number of benzene rings is 1. The van der Waals surface area contributed by atoms with Gasteiger partial charge in [0.2, 0.25) is 5.91 Å². The molecule has 9 nitrogen and oxygen atoms in total. The number of rotatable bonds is 32. The lowest BCUT2D eigenvalue weighted by Crippen LogP contribution is -2.42. The molecule has 1 aromatic rings. The molecule has 0 unspecified atom stereocenters. The summed E-state index contributed by atoms with van der Waals surface area (Å²) in [4.78, 5) is 49.5. The lowest BCUT2D eigenvalue weighted by atomic mass is 10.0. The average Bonchev–Trinajstić information content (AvgIpc) is 3.08. The zero-order valence-corrected chi connectivity index (χ0v) is 30.8. The number of carboxylic acid groups (broad SMARTS) is 1. The van der Waals surface area contributed by atoms with Crippen molar-refractivity contribution in [3.63, 3.8) is 0 Å². The first-order valence-electron chi connectivity index (χ1n) is 19.5. The van der Waals surface area contributed by atoms with Gasteiger partial charge in [0.25, 0.3) is 0 Å². The molecule has 0 heterocycles. The molecule has 0 radical (unpaired) electrons. The highest BCUT2D eigenvalue weighted by atomic mass is 16.5. The molecule has 1 rings (SSSR count). The van der Waals surface area contributed by atoms with Crippen molar-refractivity contribution < 1.29 is 33.8 Å². The number of esters is 1. The third-order valence-corrected chi connectivity index (χ3v) is 8.86. The van der Waals surface area contributed by atoms with Gasteiger partial charge in [0.05, 0.1) is 6.42 Å². The van der Waals surface area contributed by atoms with Gasteiger partial charge in [0, 0.05) is 13.0 Å². The van der Waals surface area contributed by atoms with Crippen molar-refractivity contribution >= 4 is 23.9 Å². The van der Waals surface area contributed by atoms with Gasteiger partial charge in [-0.15, -0.1) is 0 Å². The number of aliphatic carboxylic acids is 1. The van der Waals surface area contributed by atoms with Crippen LogP contribution in [0.4, 0.5) is 4.79 Å². The molecule has 0 aliphatic heterocycles. The standard InChI is InChI=1S/C40H68N2O7/c1-3-5-7-9-11-13-15-17-22-28-35(49-38(44)30-23-18-16-14-12-10-8-6-4-2)32-37(43)42-36(39(45)46)29-24-25-31-41-40(47)48-33-34-26-20-19-21-27-34/h19-21,26-27,35-36H,3-18,22-25,28-33H2,1-2H3,(H,41,47)(H,42,43)(H,45,46)/t35-,36+/m1/s1. The number of amides is 2. The number of nitrogens with one attached hydrogen (secondary N) is 2. The van der Waals surface area contributed by atoms with Gasteiger partial charge in [0.15, 0.2) is 0 Å². The Morgan fingerprint density at radius 3 is 1.78 bits per heavy atom. The number of hydrogen-bond donors (Lipinski definition) is 3. The van der Waals surface area contributed by atoms with Crippen LogP contribution in [0.15, 0.2) is 30.3 Å². The third-order valence-electron chi connectivity index (χ3n) is 8.86. The molecule has 0 aliphatic rings. The van der Waals surface area contributed by atoms with Crippen LogP contribution in [0.3, 0.4) is 0 Å². The Labute approximate surface area is 297 Å². The molecule has 280 valence electrons. The summed E-state index contributed by atoms with van der Waals surface area (Å²) >= 11 is 0. The zero-order valence-electron chi connectivity index (χ0n) is 30.8. The summed E-state index contributed by atoms with van der Waals surface area (Å²) in [5.74, 6) is -1.81. The molecule has 3 N–H and O–H groups in total. The first kappa shape index (κ1) is 43.9. The van der Waals surface area contributed by atoms with Crippen molar-refractivity contribution in [2.24, 2.45) is 0 Å². The number of carboxylic acids is 1. The summed E-state index contributed by atoms with van der Waals surface area (Å²) in [6.45, 7) is 4.95. The average molecular weight is 689 g/mol. The Hall–Kier alpha value is -3.10. The maximum absolute atomic E-state index is 13.0. The Bertz CT molecular complexity index is 988. The van der Waals surface area contributed by atoms with Crippen molar-refractivity contribution in [1.82, 2.24) is 10.6 Å². The maximum Gasteiger partial charge on any atom is 0.407 e. The smallest absolute Gasteiger partial charge is 0.407 e. The zero-order chi connectivity index (χ0) is 35.8. The van der Waals surface area contributed by atoms with Gasteiger partial charge in [-0.05, 0) is 44.1 Å². The van der Waals surface area contributed by atoms with Crippen molar-refractivity contribution in [3.8, 4) is 0 Å². The van der Waals surface area contributed by atoms with Crippen molar-refractivity contribution in [1.29, 1.82) is 0 Å². The molecule has 2 amide bonds. The normalized spacial score (nSPS) is 12.2. The first-order chi connectivity index (χ1) is 23.8. The lowest BCUT2D eigenvalue weighted by molar-refractivity contribution is -0.151. The number of unbranched alkanes of at least 4 members (excludes halogenated alkanes) is 17. The Morgan fingerprint density at radius 2 is 1.20 bits per heavy atom. The summed E-state index contributed by atoms with van der Waals surface area (Å²) in [6.07, 6.45) is 22.1. The Morgan fingerprint density at radius 1 is 0.673 bits per heavy atom. The molecule has 9 heteroatoms.